The van der Waals surface area contributed by atoms with Crippen LogP contribution in [-0.4, -0.2) is 53.6 Å². The Morgan fingerprint density at radius 2 is 2.30 bits per heavy atom. The van der Waals surface area contributed by atoms with Crippen LogP contribution in [0.25, 0.3) is 6.08 Å². The first-order chi connectivity index (χ1) is 13.2. The van der Waals surface area contributed by atoms with Gasteiger partial charge in [0.2, 0.25) is 5.78 Å². The molecule has 0 radical (unpaired) electrons. The number of carbonyl (C=O) groups excluding carboxylic acids is 1. The van der Waals surface area contributed by atoms with Gasteiger partial charge in [-0.05, 0) is 37.1 Å². The van der Waals surface area contributed by atoms with Gasteiger partial charge >= 0.3 is 0 Å². The van der Waals surface area contributed by atoms with Crippen LogP contribution in [0.4, 0.5) is 0 Å². The van der Waals surface area contributed by atoms with E-state index in [2.05, 4.69) is 16.0 Å². The van der Waals surface area contributed by atoms with Gasteiger partial charge in [0, 0.05) is 44.0 Å². The molecule has 1 aromatic carbocycles. The van der Waals surface area contributed by atoms with Crippen LogP contribution in [0.2, 0.25) is 0 Å². The van der Waals surface area contributed by atoms with E-state index in [0.717, 1.165) is 49.5 Å². The Balaban J connectivity index is 1.44. The lowest BCUT2D eigenvalue weighted by Gasteiger charge is -2.33. The minimum atomic E-state index is 0.0114. The molecule has 0 aliphatic carbocycles. The standard InChI is InChI=1S/C21H25N3O3/c1-23-10-8-22-21(23)19(25)17-6-4-9-24(13-17)12-15-11-16-5-3-7-18(26-2)20(16)27-14-15/h3,5,7-8,10-11,17H,4,6,9,12-14H2,1-2H3/t17-/m1/s1. The predicted molar refractivity (Wildman–Crippen MR) is 103 cm³/mol. The molecule has 0 N–H and O–H groups in total. The van der Waals surface area contributed by atoms with Gasteiger partial charge in [0.1, 0.15) is 6.61 Å². The van der Waals surface area contributed by atoms with E-state index in [1.807, 2.05) is 36.0 Å². The largest absolute Gasteiger partial charge is 0.493 e. The number of hydrogen-bond acceptors (Lipinski definition) is 5. The monoisotopic (exact) mass is 367 g/mol. The number of methoxy groups -OCH3 is 1. The van der Waals surface area contributed by atoms with Crippen LogP contribution in [0.1, 0.15) is 29.0 Å². The molecule has 27 heavy (non-hydrogen) atoms. The molecule has 1 aromatic heterocycles. The van der Waals surface area contributed by atoms with Crippen molar-refractivity contribution in [3.8, 4) is 11.5 Å². The molecule has 1 saturated heterocycles. The van der Waals surface area contributed by atoms with Gasteiger partial charge in [-0.2, -0.15) is 0 Å². The van der Waals surface area contributed by atoms with Crippen molar-refractivity contribution in [2.75, 3.05) is 33.4 Å². The lowest BCUT2D eigenvalue weighted by Crippen LogP contribution is -2.40. The van der Waals surface area contributed by atoms with E-state index in [9.17, 15) is 4.79 Å². The fraction of sp³-hybridized carbons (Fsp3) is 0.429. The topological polar surface area (TPSA) is 56.6 Å². The van der Waals surface area contributed by atoms with Gasteiger partial charge in [0.05, 0.1) is 7.11 Å². The van der Waals surface area contributed by atoms with E-state index in [1.54, 1.807) is 13.3 Å². The molecule has 142 valence electrons. The van der Waals surface area contributed by atoms with Crippen molar-refractivity contribution in [2.24, 2.45) is 13.0 Å². The Morgan fingerprint density at radius 3 is 3.07 bits per heavy atom. The van der Waals surface area contributed by atoms with Crippen LogP contribution in [0.15, 0.2) is 36.2 Å². The quantitative estimate of drug-likeness (QED) is 0.761. The van der Waals surface area contributed by atoms with Crippen LogP contribution >= 0.6 is 0 Å². The molecular weight excluding hydrogens is 342 g/mol. The molecule has 6 heteroatoms. The summed E-state index contributed by atoms with van der Waals surface area (Å²) in [6.45, 7) is 3.16. The summed E-state index contributed by atoms with van der Waals surface area (Å²) >= 11 is 0. The normalized spacial score (nSPS) is 19.8. The first-order valence-corrected chi connectivity index (χ1v) is 9.39. The average molecular weight is 367 g/mol. The molecule has 2 aromatic rings. The van der Waals surface area contributed by atoms with Gasteiger partial charge < -0.3 is 14.0 Å². The Bertz CT molecular complexity index is 871. The maximum absolute atomic E-state index is 12.8. The highest BCUT2D eigenvalue weighted by Gasteiger charge is 2.29. The number of Topliss-reactive ketones (excluding diaryl/α,β-unsaturated/α-hetero) is 1. The zero-order chi connectivity index (χ0) is 18.8. The number of imidazole rings is 1. The predicted octanol–water partition coefficient (Wildman–Crippen LogP) is 2.80. The highest BCUT2D eigenvalue weighted by molar-refractivity contribution is 5.95. The third-order valence-corrected chi connectivity index (χ3v) is 5.34. The third kappa shape index (κ3) is 3.62. The van der Waals surface area contributed by atoms with Crippen LogP contribution in [-0.2, 0) is 7.05 Å². The molecule has 3 heterocycles. The Hall–Kier alpha value is -2.60. The van der Waals surface area contributed by atoms with Crippen molar-refractivity contribution in [3.63, 3.8) is 0 Å². The van der Waals surface area contributed by atoms with Crippen molar-refractivity contribution >= 4 is 11.9 Å². The van der Waals surface area contributed by atoms with Crippen molar-refractivity contribution in [3.05, 3.63) is 47.6 Å². The summed E-state index contributed by atoms with van der Waals surface area (Å²) in [6, 6.07) is 5.93. The number of hydrogen-bond donors (Lipinski definition) is 0. The fourth-order valence-corrected chi connectivity index (χ4v) is 3.97. The van der Waals surface area contributed by atoms with E-state index < -0.39 is 0 Å². The lowest BCUT2D eigenvalue weighted by molar-refractivity contribution is 0.0813. The Morgan fingerprint density at radius 1 is 1.41 bits per heavy atom. The second kappa shape index (κ2) is 7.56. The van der Waals surface area contributed by atoms with Crippen molar-refractivity contribution in [2.45, 2.75) is 12.8 Å². The number of rotatable bonds is 5. The molecule has 0 amide bonds. The smallest absolute Gasteiger partial charge is 0.202 e. The van der Waals surface area contributed by atoms with E-state index in [4.69, 9.17) is 9.47 Å². The number of likely N-dealkylation sites (tertiary alicyclic amines) is 1. The zero-order valence-corrected chi connectivity index (χ0v) is 15.9. The highest BCUT2D eigenvalue weighted by Crippen LogP contribution is 2.35. The van der Waals surface area contributed by atoms with E-state index >= 15 is 0 Å². The average Bonchev–Trinajstić information content (AvgIpc) is 3.12. The van der Waals surface area contributed by atoms with Gasteiger partial charge in [-0.15, -0.1) is 0 Å². The summed E-state index contributed by atoms with van der Waals surface area (Å²) in [6.07, 6.45) is 7.65. The molecule has 2 aliphatic heterocycles. The van der Waals surface area contributed by atoms with Crippen molar-refractivity contribution in [1.82, 2.24) is 14.5 Å². The molecular formula is C21H25N3O3. The number of ether oxygens (including phenoxy) is 2. The summed E-state index contributed by atoms with van der Waals surface area (Å²) in [5.41, 5.74) is 2.27. The second-order valence-corrected chi connectivity index (χ2v) is 7.27. The van der Waals surface area contributed by atoms with Crippen LogP contribution in [0.3, 0.4) is 0 Å². The molecule has 1 atom stereocenters. The van der Waals surface area contributed by atoms with Crippen LogP contribution in [0, 0.1) is 5.92 Å². The van der Waals surface area contributed by atoms with Gasteiger partial charge in [-0.1, -0.05) is 12.1 Å². The first-order valence-electron chi connectivity index (χ1n) is 9.39. The number of fused-ring (bicyclic) bond motifs is 1. The number of benzene rings is 1. The summed E-state index contributed by atoms with van der Waals surface area (Å²) < 4.78 is 13.1. The number of carbonyl (C=O) groups is 1. The molecule has 6 nitrogen and oxygen atoms in total. The maximum Gasteiger partial charge on any atom is 0.202 e. The molecule has 0 bridgehead atoms. The third-order valence-electron chi connectivity index (χ3n) is 5.34. The summed E-state index contributed by atoms with van der Waals surface area (Å²) in [5.74, 6) is 2.29. The first kappa shape index (κ1) is 17.8. The van der Waals surface area contributed by atoms with Crippen LogP contribution in [0.5, 0.6) is 11.5 Å². The molecule has 0 saturated carbocycles. The van der Waals surface area contributed by atoms with Crippen molar-refractivity contribution in [1.29, 1.82) is 0 Å². The van der Waals surface area contributed by atoms with Crippen LogP contribution < -0.4 is 9.47 Å². The summed E-state index contributed by atoms with van der Waals surface area (Å²) in [4.78, 5) is 19.4. The van der Waals surface area contributed by atoms with E-state index in [-0.39, 0.29) is 11.7 Å². The Kier molecular flexibility index (Phi) is 4.99. The molecule has 4 rings (SSSR count). The maximum atomic E-state index is 12.8. The van der Waals surface area contributed by atoms with Gasteiger partial charge in [-0.3, -0.25) is 9.69 Å². The lowest BCUT2D eigenvalue weighted by atomic mass is 9.92. The van der Waals surface area contributed by atoms with Gasteiger partial charge in [0.25, 0.3) is 0 Å². The van der Waals surface area contributed by atoms with Crippen molar-refractivity contribution < 1.29 is 14.3 Å². The fourth-order valence-electron chi connectivity index (χ4n) is 3.97. The van der Waals surface area contributed by atoms with Gasteiger partial charge in [0.15, 0.2) is 17.3 Å². The van der Waals surface area contributed by atoms with Gasteiger partial charge in [-0.25, -0.2) is 4.98 Å². The molecule has 1 fully saturated rings. The Labute approximate surface area is 159 Å². The second-order valence-electron chi connectivity index (χ2n) is 7.27. The minimum Gasteiger partial charge on any atom is -0.493 e. The van der Waals surface area contributed by atoms with E-state index in [1.165, 1.54) is 5.57 Å². The zero-order valence-electron chi connectivity index (χ0n) is 15.9. The number of aromatic nitrogens is 2. The molecule has 2 aliphatic rings. The number of aryl methyl sites for hydroxylation is 1. The van der Waals surface area contributed by atoms with E-state index in [0.29, 0.717) is 12.4 Å². The summed E-state index contributed by atoms with van der Waals surface area (Å²) in [5, 5.41) is 0. The highest BCUT2D eigenvalue weighted by atomic mass is 16.5. The number of ketones is 1. The number of nitrogens with zero attached hydrogens (tertiary/aromatic N) is 3. The SMILES string of the molecule is COc1cccc2c1OCC(CN1CCC[C@@H](C(=O)c3nccn3C)C1)=C2. The number of piperidine rings is 1. The molecule has 0 unspecified atom stereocenters. The number of para-hydroxylation sites is 1. The minimum absolute atomic E-state index is 0.0114. The molecule has 0 spiro atoms. The summed E-state index contributed by atoms with van der Waals surface area (Å²) in [7, 11) is 3.53.